The Morgan fingerprint density at radius 2 is 1.96 bits per heavy atom. The molecule has 0 aliphatic carbocycles. The van der Waals surface area contributed by atoms with Crippen molar-refractivity contribution in [1.29, 1.82) is 0 Å². The van der Waals surface area contributed by atoms with Gasteiger partial charge in [-0.3, -0.25) is 4.98 Å². The third kappa shape index (κ3) is 3.23. The summed E-state index contributed by atoms with van der Waals surface area (Å²) >= 11 is 0. The maximum Gasteiger partial charge on any atom is 0.433 e. The molecule has 0 atom stereocenters. The van der Waals surface area contributed by atoms with Crippen LogP contribution in [0.15, 0.2) is 42.9 Å². The van der Waals surface area contributed by atoms with Gasteiger partial charge in [0.1, 0.15) is 11.2 Å². The SMILES string of the molecule is O=C(Nc1ccc(C(F)(F)F)nc1)Nc1c[nH]c2cccnc12. The fourth-order valence-electron chi connectivity index (χ4n) is 1.97. The Kier molecular flexibility index (Phi) is 3.61. The maximum absolute atomic E-state index is 12.4. The lowest BCUT2D eigenvalue weighted by Gasteiger charge is -2.08. The van der Waals surface area contributed by atoms with Crippen LogP contribution < -0.4 is 10.6 Å². The zero-order valence-corrected chi connectivity index (χ0v) is 11.5. The van der Waals surface area contributed by atoms with Crippen LogP contribution in [0.1, 0.15) is 5.69 Å². The molecule has 0 saturated heterocycles. The molecule has 0 spiro atoms. The predicted octanol–water partition coefficient (Wildman–Crippen LogP) is 3.62. The lowest BCUT2D eigenvalue weighted by Crippen LogP contribution is -2.19. The van der Waals surface area contributed by atoms with Crippen molar-refractivity contribution in [2.24, 2.45) is 0 Å². The number of aromatic amines is 1. The smallest absolute Gasteiger partial charge is 0.358 e. The van der Waals surface area contributed by atoms with Crippen molar-refractivity contribution in [1.82, 2.24) is 15.0 Å². The quantitative estimate of drug-likeness (QED) is 0.674. The van der Waals surface area contributed by atoms with Crippen LogP contribution >= 0.6 is 0 Å². The minimum atomic E-state index is -4.52. The third-order valence-corrected chi connectivity index (χ3v) is 2.99. The minimum Gasteiger partial charge on any atom is -0.358 e. The first-order valence-corrected chi connectivity index (χ1v) is 6.47. The molecule has 118 valence electrons. The number of hydrogen-bond acceptors (Lipinski definition) is 3. The number of nitrogens with one attached hydrogen (secondary N) is 3. The molecule has 0 radical (unpaired) electrons. The normalized spacial score (nSPS) is 11.4. The van der Waals surface area contributed by atoms with Gasteiger partial charge in [0, 0.05) is 12.4 Å². The average molecular weight is 321 g/mol. The van der Waals surface area contributed by atoms with E-state index in [2.05, 4.69) is 25.6 Å². The van der Waals surface area contributed by atoms with Crippen LogP contribution in [0.25, 0.3) is 11.0 Å². The van der Waals surface area contributed by atoms with Gasteiger partial charge in [-0.1, -0.05) is 0 Å². The van der Waals surface area contributed by atoms with Gasteiger partial charge in [0.15, 0.2) is 0 Å². The number of hydrogen-bond donors (Lipinski definition) is 3. The van der Waals surface area contributed by atoms with E-state index < -0.39 is 17.9 Å². The number of carbonyl (C=O) groups is 1. The molecule has 0 fully saturated rings. The molecule has 0 aromatic carbocycles. The van der Waals surface area contributed by atoms with Crippen LogP contribution in [0.5, 0.6) is 0 Å². The fraction of sp³-hybridized carbons (Fsp3) is 0.0714. The number of halogens is 3. The zero-order valence-electron chi connectivity index (χ0n) is 11.5. The molecule has 0 aliphatic rings. The van der Waals surface area contributed by atoms with E-state index in [-0.39, 0.29) is 5.69 Å². The first kappa shape index (κ1) is 14.8. The number of nitrogens with zero attached hydrogens (tertiary/aromatic N) is 2. The second-order valence-corrected chi connectivity index (χ2v) is 4.61. The highest BCUT2D eigenvalue weighted by atomic mass is 19.4. The molecule has 0 saturated carbocycles. The molecule has 3 N–H and O–H groups in total. The second kappa shape index (κ2) is 5.59. The summed E-state index contributed by atoms with van der Waals surface area (Å²) in [5.41, 5.74) is 0.901. The molecule has 6 nitrogen and oxygen atoms in total. The van der Waals surface area contributed by atoms with Gasteiger partial charge in [0.2, 0.25) is 0 Å². The van der Waals surface area contributed by atoms with Gasteiger partial charge in [0.05, 0.1) is 23.1 Å². The Hall–Kier alpha value is -3.10. The predicted molar refractivity (Wildman–Crippen MR) is 78.0 cm³/mol. The van der Waals surface area contributed by atoms with E-state index in [0.29, 0.717) is 11.2 Å². The molecule has 0 bridgehead atoms. The fourth-order valence-corrected chi connectivity index (χ4v) is 1.97. The van der Waals surface area contributed by atoms with Gasteiger partial charge >= 0.3 is 12.2 Å². The summed E-state index contributed by atoms with van der Waals surface area (Å²) in [4.78, 5) is 22.2. The van der Waals surface area contributed by atoms with Crippen molar-refractivity contribution in [2.45, 2.75) is 6.18 Å². The highest BCUT2D eigenvalue weighted by Gasteiger charge is 2.32. The zero-order chi connectivity index (χ0) is 16.4. The van der Waals surface area contributed by atoms with Crippen molar-refractivity contribution in [3.05, 3.63) is 48.5 Å². The van der Waals surface area contributed by atoms with E-state index in [9.17, 15) is 18.0 Å². The lowest BCUT2D eigenvalue weighted by atomic mass is 10.3. The lowest BCUT2D eigenvalue weighted by molar-refractivity contribution is -0.141. The molecular formula is C14H10F3N5O. The number of fused-ring (bicyclic) bond motifs is 1. The summed E-state index contributed by atoms with van der Waals surface area (Å²) in [5, 5.41) is 4.97. The Labute approximate surface area is 127 Å². The largest absolute Gasteiger partial charge is 0.433 e. The van der Waals surface area contributed by atoms with Gasteiger partial charge in [-0.25, -0.2) is 9.78 Å². The number of carbonyl (C=O) groups excluding carboxylic acids is 1. The summed E-state index contributed by atoms with van der Waals surface area (Å²) in [6, 6.07) is 4.85. The monoisotopic (exact) mass is 321 g/mol. The van der Waals surface area contributed by atoms with Crippen LogP contribution in [-0.4, -0.2) is 21.0 Å². The summed E-state index contributed by atoms with van der Waals surface area (Å²) in [6.45, 7) is 0. The highest BCUT2D eigenvalue weighted by molar-refractivity contribution is 6.04. The first-order chi connectivity index (χ1) is 10.9. The Bertz CT molecular complexity index is 841. The van der Waals surface area contributed by atoms with E-state index in [1.165, 1.54) is 0 Å². The van der Waals surface area contributed by atoms with Gasteiger partial charge in [-0.2, -0.15) is 13.2 Å². The molecule has 2 amide bonds. The Balaban J connectivity index is 1.70. The summed E-state index contributed by atoms with van der Waals surface area (Å²) in [5.74, 6) is 0. The molecule has 3 heterocycles. The van der Waals surface area contributed by atoms with Gasteiger partial charge in [0.25, 0.3) is 0 Å². The summed E-state index contributed by atoms with van der Waals surface area (Å²) in [6.07, 6.45) is -0.423. The summed E-state index contributed by atoms with van der Waals surface area (Å²) < 4.78 is 37.2. The van der Waals surface area contributed by atoms with E-state index in [0.717, 1.165) is 23.8 Å². The molecule has 23 heavy (non-hydrogen) atoms. The van der Waals surface area contributed by atoms with E-state index in [1.54, 1.807) is 24.5 Å². The topological polar surface area (TPSA) is 82.7 Å². The number of pyridine rings is 2. The van der Waals surface area contributed by atoms with Crippen LogP contribution in [0.3, 0.4) is 0 Å². The molecule has 3 rings (SSSR count). The Morgan fingerprint density at radius 3 is 2.65 bits per heavy atom. The van der Waals surface area contributed by atoms with Gasteiger partial charge < -0.3 is 15.6 Å². The highest BCUT2D eigenvalue weighted by Crippen LogP contribution is 2.27. The third-order valence-electron chi connectivity index (χ3n) is 2.99. The molecular weight excluding hydrogens is 311 g/mol. The molecule has 3 aromatic heterocycles. The van der Waals surface area contributed by atoms with E-state index >= 15 is 0 Å². The number of aromatic nitrogens is 3. The number of urea groups is 1. The van der Waals surface area contributed by atoms with Crippen LogP contribution in [0.4, 0.5) is 29.3 Å². The van der Waals surface area contributed by atoms with Crippen LogP contribution in [-0.2, 0) is 6.18 Å². The van der Waals surface area contributed by atoms with Crippen molar-refractivity contribution in [3.8, 4) is 0 Å². The van der Waals surface area contributed by atoms with E-state index in [1.807, 2.05) is 0 Å². The number of H-pyrrole nitrogens is 1. The standard InChI is InChI=1S/C14H10F3N5O/c15-14(16,17)11-4-3-8(6-20-11)21-13(23)22-10-7-19-9-2-1-5-18-12(9)10/h1-7,19H,(H2,21,22,23). The molecule has 3 aromatic rings. The number of anilines is 2. The van der Waals surface area contributed by atoms with Crippen LogP contribution in [0, 0.1) is 0 Å². The average Bonchev–Trinajstić information content (AvgIpc) is 2.90. The molecule has 9 heteroatoms. The molecule has 0 unspecified atom stereocenters. The Morgan fingerprint density at radius 1 is 1.13 bits per heavy atom. The van der Waals surface area contributed by atoms with Crippen LogP contribution in [0.2, 0.25) is 0 Å². The van der Waals surface area contributed by atoms with Crippen molar-refractivity contribution in [2.75, 3.05) is 10.6 Å². The van der Waals surface area contributed by atoms with Crippen molar-refractivity contribution >= 4 is 28.4 Å². The number of amides is 2. The van der Waals surface area contributed by atoms with Gasteiger partial charge in [-0.15, -0.1) is 0 Å². The molecule has 0 aliphatic heterocycles. The summed E-state index contributed by atoms with van der Waals surface area (Å²) in [7, 11) is 0. The first-order valence-electron chi connectivity index (χ1n) is 6.47. The number of alkyl halides is 3. The second-order valence-electron chi connectivity index (χ2n) is 4.61. The van der Waals surface area contributed by atoms with Gasteiger partial charge in [-0.05, 0) is 24.3 Å². The van der Waals surface area contributed by atoms with Crippen molar-refractivity contribution < 1.29 is 18.0 Å². The number of rotatable bonds is 2. The van der Waals surface area contributed by atoms with Crippen molar-refractivity contribution in [3.63, 3.8) is 0 Å². The minimum absolute atomic E-state index is 0.142. The van der Waals surface area contributed by atoms with E-state index in [4.69, 9.17) is 0 Å². The maximum atomic E-state index is 12.4.